The number of rotatable bonds is 8. The Balaban J connectivity index is 1.72. The molecule has 0 radical (unpaired) electrons. The number of aromatic nitrogens is 2. The van der Waals surface area contributed by atoms with Gasteiger partial charge in [0.25, 0.3) is 5.91 Å². The standard InChI is InChI=1S/C22H30N4O3/c1-4-29-18-12-8-7-11-17(18)21(27)25-20(15(2)3)22(28)24-19-13-14-23-26(19)16-9-5-6-10-16/h7-8,11-16,20H,4-6,9-10H2,1-3H3,(H,24,28)(H,25,27)/t20-/m1/s1. The highest BCUT2D eigenvalue weighted by Crippen LogP contribution is 2.31. The lowest BCUT2D eigenvalue weighted by Gasteiger charge is -2.23. The minimum atomic E-state index is -0.677. The molecule has 1 aliphatic carbocycles. The van der Waals surface area contributed by atoms with E-state index in [2.05, 4.69) is 15.7 Å². The van der Waals surface area contributed by atoms with Gasteiger partial charge in [0.15, 0.2) is 0 Å². The first-order valence-corrected chi connectivity index (χ1v) is 10.4. The predicted octanol–water partition coefficient (Wildman–Crippen LogP) is 3.79. The Bertz CT molecular complexity index is 840. The van der Waals surface area contributed by atoms with Crippen molar-refractivity contribution in [1.29, 1.82) is 0 Å². The number of anilines is 1. The van der Waals surface area contributed by atoms with E-state index in [1.807, 2.05) is 31.5 Å². The van der Waals surface area contributed by atoms with Gasteiger partial charge < -0.3 is 15.4 Å². The Morgan fingerprint density at radius 3 is 2.62 bits per heavy atom. The number of carbonyl (C=O) groups is 2. The third kappa shape index (κ3) is 4.96. The Kier molecular flexibility index (Phi) is 6.90. The fourth-order valence-corrected chi connectivity index (χ4v) is 3.75. The molecule has 1 saturated carbocycles. The molecule has 0 spiro atoms. The van der Waals surface area contributed by atoms with Crippen molar-refractivity contribution in [3.05, 3.63) is 42.1 Å². The van der Waals surface area contributed by atoms with Crippen LogP contribution in [-0.4, -0.2) is 34.2 Å². The molecule has 2 N–H and O–H groups in total. The monoisotopic (exact) mass is 398 g/mol. The van der Waals surface area contributed by atoms with Crippen molar-refractivity contribution in [2.45, 2.75) is 58.5 Å². The summed E-state index contributed by atoms with van der Waals surface area (Å²) in [4.78, 5) is 25.8. The number of amides is 2. The highest BCUT2D eigenvalue weighted by molar-refractivity contribution is 6.02. The third-order valence-corrected chi connectivity index (χ3v) is 5.26. The highest BCUT2D eigenvalue weighted by atomic mass is 16.5. The fraction of sp³-hybridized carbons (Fsp3) is 0.500. The van der Waals surface area contributed by atoms with Crippen LogP contribution in [0.2, 0.25) is 0 Å². The van der Waals surface area contributed by atoms with Crippen LogP contribution in [-0.2, 0) is 4.79 Å². The Morgan fingerprint density at radius 2 is 1.93 bits per heavy atom. The van der Waals surface area contributed by atoms with Crippen LogP contribution in [0.5, 0.6) is 5.75 Å². The van der Waals surface area contributed by atoms with E-state index in [4.69, 9.17) is 4.74 Å². The van der Waals surface area contributed by atoms with Gasteiger partial charge >= 0.3 is 0 Å². The molecule has 2 aromatic rings. The minimum Gasteiger partial charge on any atom is -0.493 e. The van der Waals surface area contributed by atoms with E-state index < -0.39 is 6.04 Å². The molecule has 1 heterocycles. The molecule has 1 fully saturated rings. The second-order valence-electron chi connectivity index (χ2n) is 7.71. The molecular formula is C22H30N4O3. The molecular weight excluding hydrogens is 368 g/mol. The summed E-state index contributed by atoms with van der Waals surface area (Å²) in [7, 11) is 0. The number of benzene rings is 1. The van der Waals surface area contributed by atoms with Gasteiger partial charge in [0.2, 0.25) is 5.91 Å². The third-order valence-electron chi connectivity index (χ3n) is 5.26. The molecule has 156 valence electrons. The van der Waals surface area contributed by atoms with E-state index in [0.29, 0.717) is 29.8 Å². The van der Waals surface area contributed by atoms with Gasteiger partial charge in [-0.3, -0.25) is 9.59 Å². The largest absolute Gasteiger partial charge is 0.493 e. The highest BCUT2D eigenvalue weighted by Gasteiger charge is 2.28. The van der Waals surface area contributed by atoms with Crippen LogP contribution >= 0.6 is 0 Å². The molecule has 0 bridgehead atoms. The molecule has 7 heteroatoms. The average molecular weight is 399 g/mol. The maximum Gasteiger partial charge on any atom is 0.255 e. The van der Waals surface area contributed by atoms with Gasteiger partial charge in [0.1, 0.15) is 17.6 Å². The zero-order chi connectivity index (χ0) is 20.8. The zero-order valence-corrected chi connectivity index (χ0v) is 17.4. The molecule has 0 saturated heterocycles. The van der Waals surface area contributed by atoms with E-state index in [9.17, 15) is 9.59 Å². The van der Waals surface area contributed by atoms with Crippen molar-refractivity contribution in [3.63, 3.8) is 0 Å². The Morgan fingerprint density at radius 1 is 1.21 bits per heavy atom. The normalized spacial score (nSPS) is 15.3. The summed E-state index contributed by atoms with van der Waals surface area (Å²) in [6, 6.07) is 8.50. The number of carbonyl (C=O) groups excluding carboxylic acids is 2. The lowest BCUT2D eigenvalue weighted by Crippen LogP contribution is -2.47. The molecule has 0 aliphatic heterocycles. The topological polar surface area (TPSA) is 85.2 Å². The van der Waals surface area contributed by atoms with Crippen molar-refractivity contribution in [3.8, 4) is 5.75 Å². The van der Waals surface area contributed by atoms with Crippen LogP contribution < -0.4 is 15.4 Å². The van der Waals surface area contributed by atoms with Crippen LogP contribution in [0, 0.1) is 5.92 Å². The second-order valence-corrected chi connectivity index (χ2v) is 7.71. The van der Waals surface area contributed by atoms with E-state index in [1.165, 1.54) is 12.8 Å². The van der Waals surface area contributed by atoms with Crippen molar-refractivity contribution in [1.82, 2.24) is 15.1 Å². The molecule has 1 aromatic heterocycles. The first-order valence-electron chi connectivity index (χ1n) is 10.4. The summed E-state index contributed by atoms with van der Waals surface area (Å²) in [6.07, 6.45) is 6.21. The quantitative estimate of drug-likeness (QED) is 0.708. The molecule has 1 aliphatic rings. The summed E-state index contributed by atoms with van der Waals surface area (Å²) < 4.78 is 7.44. The number of ether oxygens (including phenoxy) is 1. The van der Waals surface area contributed by atoms with Crippen LogP contribution in [0.15, 0.2) is 36.5 Å². The number of hydrogen-bond donors (Lipinski definition) is 2. The predicted molar refractivity (Wildman–Crippen MR) is 112 cm³/mol. The van der Waals surface area contributed by atoms with Crippen LogP contribution in [0.25, 0.3) is 0 Å². The lowest BCUT2D eigenvalue weighted by molar-refractivity contribution is -0.118. The summed E-state index contributed by atoms with van der Waals surface area (Å²) in [5.74, 6) is 0.529. The second kappa shape index (κ2) is 9.58. The van der Waals surface area contributed by atoms with Crippen molar-refractivity contribution >= 4 is 17.6 Å². The smallest absolute Gasteiger partial charge is 0.255 e. The fourth-order valence-electron chi connectivity index (χ4n) is 3.75. The van der Waals surface area contributed by atoms with E-state index in [1.54, 1.807) is 30.5 Å². The molecule has 3 rings (SSSR count). The number of nitrogens with zero attached hydrogens (tertiary/aromatic N) is 2. The summed E-state index contributed by atoms with van der Waals surface area (Å²) in [5.41, 5.74) is 0.420. The van der Waals surface area contributed by atoms with Gasteiger partial charge in [-0.2, -0.15) is 5.10 Å². The van der Waals surface area contributed by atoms with E-state index >= 15 is 0 Å². The van der Waals surface area contributed by atoms with Gasteiger partial charge in [0.05, 0.1) is 24.4 Å². The zero-order valence-electron chi connectivity index (χ0n) is 17.4. The molecule has 29 heavy (non-hydrogen) atoms. The van der Waals surface area contributed by atoms with Crippen LogP contribution in [0.3, 0.4) is 0 Å². The molecule has 2 amide bonds. The van der Waals surface area contributed by atoms with Crippen molar-refractivity contribution in [2.75, 3.05) is 11.9 Å². The van der Waals surface area contributed by atoms with Crippen LogP contribution in [0.1, 0.15) is 62.9 Å². The average Bonchev–Trinajstić information content (AvgIpc) is 3.37. The SMILES string of the molecule is CCOc1ccccc1C(=O)N[C@@H](C(=O)Nc1ccnn1C1CCCC1)C(C)C. The maximum absolute atomic E-state index is 13.0. The Hall–Kier alpha value is -2.83. The summed E-state index contributed by atoms with van der Waals surface area (Å²) in [5, 5.41) is 10.2. The maximum atomic E-state index is 13.0. The van der Waals surface area contributed by atoms with Gasteiger partial charge in [0, 0.05) is 6.07 Å². The number of hydrogen-bond acceptors (Lipinski definition) is 4. The van der Waals surface area contributed by atoms with Gasteiger partial charge in [-0.15, -0.1) is 0 Å². The van der Waals surface area contributed by atoms with Crippen LogP contribution in [0.4, 0.5) is 5.82 Å². The first kappa shape index (κ1) is 20.9. The van der Waals surface area contributed by atoms with E-state index in [0.717, 1.165) is 12.8 Å². The molecule has 1 atom stereocenters. The lowest BCUT2D eigenvalue weighted by atomic mass is 10.0. The van der Waals surface area contributed by atoms with Gasteiger partial charge in [-0.25, -0.2) is 4.68 Å². The van der Waals surface area contributed by atoms with E-state index in [-0.39, 0.29) is 17.7 Å². The Labute approximate surface area is 171 Å². The molecule has 0 unspecified atom stereocenters. The van der Waals surface area contributed by atoms with Crippen molar-refractivity contribution < 1.29 is 14.3 Å². The number of nitrogens with one attached hydrogen (secondary N) is 2. The minimum absolute atomic E-state index is 0.0824. The van der Waals surface area contributed by atoms with Gasteiger partial charge in [-0.1, -0.05) is 38.8 Å². The summed E-state index contributed by atoms with van der Waals surface area (Å²) in [6.45, 7) is 6.15. The molecule has 7 nitrogen and oxygen atoms in total. The van der Waals surface area contributed by atoms with Gasteiger partial charge in [-0.05, 0) is 37.8 Å². The number of para-hydroxylation sites is 1. The van der Waals surface area contributed by atoms with Crippen molar-refractivity contribution in [2.24, 2.45) is 5.92 Å². The molecule has 1 aromatic carbocycles. The summed E-state index contributed by atoms with van der Waals surface area (Å²) >= 11 is 0. The first-order chi connectivity index (χ1) is 14.0.